The number of rotatable bonds is 14. The molecule has 2 nitrogen and oxygen atoms in total. The summed E-state index contributed by atoms with van der Waals surface area (Å²) in [4.78, 5) is 11.4. The van der Waals surface area contributed by atoms with E-state index in [0.717, 1.165) is 19.3 Å². The minimum absolute atomic E-state index is 0.00393. The highest BCUT2D eigenvalue weighted by Gasteiger charge is 2.10. The summed E-state index contributed by atoms with van der Waals surface area (Å²) in [7, 11) is 0. The number of allylic oxidation sites excluding steroid dienone is 1. The Morgan fingerprint density at radius 2 is 1.62 bits per heavy atom. The Morgan fingerprint density at radius 3 is 2.14 bits per heavy atom. The molecule has 0 aromatic carbocycles. The topological polar surface area (TPSA) is 26.3 Å². The molecule has 0 aromatic heterocycles. The lowest BCUT2D eigenvalue weighted by Gasteiger charge is -2.15. The van der Waals surface area contributed by atoms with Crippen molar-refractivity contribution >= 4 is 5.97 Å². The zero-order valence-electron chi connectivity index (χ0n) is 14.1. The van der Waals surface area contributed by atoms with Crippen molar-refractivity contribution < 1.29 is 9.53 Å². The molecule has 0 aliphatic heterocycles. The summed E-state index contributed by atoms with van der Waals surface area (Å²) in [5.41, 5.74) is 0. The highest BCUT2D eigenvalue weighted by molar-refractivity contribution is 5.81. The quantitative estimate of drug-likeness (QED) is 0.171. The van der Waals surface area contributed by atoms with Gasteiger partial charge in [0.2, 0.25) is 0 Å². The fraction of sp³-hybridized carbons (Fsp3) is 0.737. The molecule has 0 spiro atoms. The number of carbonyl (C=O) groups excluding carboxylic acids is 1. The third-order valence-electron chi connectivity index (χ3n) is 3.64. The van der Waals surface area contributed by atoms with Gasteiger partial charge in [0, 0.05) is 12.5 Å². The van der Waals surface area contributed by atoms with E-state index in [4.69, 9.17) is 4.74 Å². The predicted molar refractivity (Wildman–Crippen MR) is 91.4 cm³/mol. The number of esters is 1. The van der Waals surface area contributed by atoms with E-state index < -0.39 is 0 Å². The number of ether oxygens (including phenoxy) is 1. The Labute approximate surface area is 131 Å². The van der Waals surface area contributed by atoms with Gasteiger partial charge in [0.05, 0.1) is 0 Å². The molecule has 1 atom stereocenters. The zero-order valence-corrected chi connectivity index (χ0v) is 14.1. The fourth-order valence-electron chi connectivity index (χ4n) is 2.43. The molecular weight excluding hydrogens is 260 g/mol. The smallest absolute Gasteiger partial charge is 0.330 e. The molecule has 0 rings (SSSR count). The first-order chi connectivity index (χ1) is 10.2. The maximum Gasteiger partial charge on any atom is 0.330 e. The molecule has 0 N–H and O–H groups in total. The van der Waals surface area contributed by atoms with Crippen LogP contribution >= 0.6 is 0 Å². The molecule has 0 fully saturated rings. The molecule has 0 saturated heterocycles. The molecule has 0 aliphatic carbocycles. The summed E-state index contributed by atoms with van der Waals surface area (Å²) < 4.78 is 5.41. The molecule has 1 unspecified atom stereocenters. The maximum absolute atomic E-state index is 11.4. The molecule has 0 bridgehead atoms. The molecule has 0 aliphatic rings. The second kappa shape index (κ2) is 15.3. The first kappa shape index (κ1) is 19.9. The third-order valence-corrected chi connectivity index (χ3v) is 3.64. The largest absolute Gasteiger partial charge is 0.459 e. The minimum atomic E-state index is -0.236. The van der Waals surface area contributed by atoms with Gasteiger partial charge in [-0.1, -0.05) is 70.4 Å². The van der Waals surface area contributed by atoms with E-state index in [1.54, 1.807) is 6.08 Å². The van der Waals surface area contributed by atoms with Gasteiger partial charge in [-0.25, -0.2) is 4.79 Å². The molecule has 122 valence electrons. The van der Waals surface area contributed by atoms with Crippen LogP contribution in [0.25, 0.3) is 0 Å². The molecule has 21 heavy (non-hydrogen) atoms. The van der Waals surface area contributed by atoms with E-state index in [2.05, 4.69) is 13.5 Å². The second-order valence-electron chi connectivity index (χ2n) is 5.70. The van der Waals surface area contributed by atoms with Crippen LogP contribution in [0.1, 0.15) is 84.5 Å². The highest BCUT2D eigenvalue weighted by Crippen LogP contribution is 2.14. The van der Waals surface area contributed by atoms with Crippen molar-refractivity contribution in [2.75, 3.05) is 0 Å². The second-order valence-corrected chi connectivity index (χ2v) is 5.70. The van der Waals surface area contributed by atoms with Crippen LogP contribution in [0.2, 0.25) is 0 Å². The van der Waals surface area contributed by atoms with Crippen LogP contribution in [0.4, 0.5) is 0 Å². The van der Waals surface area contributed by atoms with Crippen molar-refractivity contribution in [1.82, 2.24) is 0 Å². The Bertz CT molecular complexity index is 281. The van der Waals surface area contributed by atoms with Crippen molar-refractivity contribution in [3.05, 3.63) is 24.8 Å². The average molecular weight is 294 g/mol. The lowest BCUT2D eigenvalue weighted by Crippen LogP contribution is -2.16. The van der Waals surface area contributed by atoms with Gasteiger partial charge < -0.3 is 4.74 Å². The maximum atomic E-state index is 11.4. The van der Waals surface area contributed by atoms with Crippen LogP contribution in [-0.4, -0.2) is 12.1 Å². The van der Waals surface area contributed by atoms with Crippen molar-refractivity contribution in [2.45, 2.75) is 90.6 Å². The Hall–Kier alpha value is -1.05. The van der Waals surface area contributed by atoms with Crippen molar-refractivity contribution in [2.24, 2.45) is 0 Å². The fourth-order valence-corrected chi connectivity index (χ4v) is 2.43. The monoisotopic (exact) mass is 294 g/mol. The van der Waals surface area contributed by atoms with Gasteiger partial charge in [0.15, 0.2) is 0 Å². The predicted octanol–water partition coefficient (Wildman–Crippen LogP) is 5.97. The van der Waals surface area contributed by atoms with Crippen LogP contribution in [-0.2, 0) is 9.53 Å². The van der Waals surface area contributed by atoms with Gasteiger partial charge in [-0.2, -0.15) is 0 Å². The molecule has 2 heteroatoms. The summed E-state index contributed by atoms with van der Waals surface area (Å²) in [6.45, 7) is 7.81. The Morgan fingerprint density at radius 1 is 1.05 bits per heavy atom. The molecule has 0 amide bonds. The van der Waals surface area contributed by atoms with Crippen LogP contribution in [0, 0.1) is 0 Å². The first-order valence-electron chi connectivity index (χ1n) is 8.68. The highest BCUT2D eigenvalue weighted by atomic mass is 16.5. The number of hydrogen-bond acceptors (Lipinski definition) is 2. The van der Waals surface area contributed by atoms with Crippen molar-refractivity contribution in [3.63, 3.8) is 0 Å². The van der Waals surface area contributed by atoms with E-state index in [9.17, 15) is 4.79 Å². The van der Waals surface area contributed by atoms with Crippen molar-refractivity contribution in [1.29, 1.82) is 0 Å². The van der Waals surface area contributed by atoms with Gasteiger partial charge in [-0.05, 0) is 19.8 Å². The summed E-state index contributed by atoms with van der Waals surface area (Å²) in [6, 6.07) is 0. The van der Waals surface area contributed by atoms with Crippen molar-refractivity contribution in [3.8, 4) is 0 Å². The molecule has 0 aromatic rings. The van der Waals surface area contributed by atoms with Gasteiger partial charge >= 0.3 is 5.97 Å². The Balaban J connectivity index is 3.60. The lowest BCUT2D eigenvalue weighted by atomic mass is 10.0. The Kier molecular flexibility index (Phi) is 14.6. The average Bonchev–Trinajstić information content (AvgIpc) is 2.46. The first-order valence-corrected chi connectivity index (χ1v) is 8.68. The number of hydrogen-bond donors (Lipinski definition) is 0. The number of unbranched alkanes of at least 4 members (excludes halogenated alkanes) is 8. The minimum Gasteiger partial charge on any atom is -0.459 e. The lowest BCUT2D eigenvalue weighted by molar-refractivity contribution is -0.143. The third kappa shape index (κ3) is 13.7. The van der Waals surface area contributed by atoms with E-state index >= 15 is 0 Å². The van der Waals surface area contributed by atoms with E-state index in [-0.39, 0.29) is 12.1 Å². The van der Waals surface area contributed by atoms with Crippen LogP contribution in [0.15, 0.2) is 24.8 Å². The van der Waals surface area contributed by atoms with Gasteiger partial charge in [0.25, 0.3) is 0 Å². The molecule has 0 heterocycles. The van der Waals surface area contributed by atoms with E-state index in [0.29, 0.717) is 0 Å². The van der Waals surface area contributed by atoms with Gasteiger partial charge in [-0.3, -0.25) is 0 Å². The molecule has 0 saturated carbocycles. The van der Waals surface area contributed by atoms with E-state index in [1.165, 1.54) is 57.4 Å². The van der Waals surface area contributed by atoms with E-state index in [1.807, 2.05) is 13.0 Å². The zero-order chi connectivity index (χ0) is 15.8. The van der Waals surface area contributed by atoms with Gasteiger partial charge in [0.1, 0.15) is 6.10 Å². The van der Waals surface area contributed by atoms with Crippen LogP contribution < -0.4 is 0 Å². The summed E-state index contributed by atoms with van der Waals surface area (Å²) >= 11 is 0. The van der Waals surface area contributed by atoms with Gasteiger partial charge in [-0.15, -0.1) is 6.58 Å². The number of carbonyl (C=O) groups is 1. The molecule has 0 radical (unpaired) electrons. The van der Waals surface area contributed by atoms with Crippen LogP contribution in [0.3, 0.4) is 0 Å². The SMILES string of the molecule is C=CCC(CCCCCCCCCCC)OC(=O)/C=C/C. The van der Waals surface area contributed by atoms with Crippen LogP contribution in [0.5, 0.6) is 0 Å². The molecular formula is C19H34O2. The summed E-state index contributed by atoms with van der Waals surface area (Å²) in [5.74, 6) is -0.236. The normalized spacial score (nSPS) is 12.5. The standard InChI is InChI=1S/C19H34O2/c1-4-7-8-9-10-11-12-13-14-17-18(15-5-2)21-19(20)16-6-3/h5-6,16,18H,2,4,7-15,17H2,1,3H3/b16-6+. The summed E-state index contributed by atoms with van der Waals surface area (Å²) in [5, 5.41) is 0. The summed E-state index contributed by atoms with van der Waals surface area (Å²) in [6.07, 6.45) is 18.6.